The van der Waals surface area contributed by atoms with Gasteiger partial charge in [-0.1, -0.05) is 119 Å². The Kier molecular flexibility index (Phi) is 13.8. The van der Waals surface area contributed by atoms with Crippen molar-refractivity contribution < 1.29 is 46.3 Å². The standard InChI is InChI=1S/C54H72O10P2/c1-19-59-49(55)47(65(57)61-43-27-35(51(7,8)9)25-33(5)37(43)29-39-31(3)21-23-41(45(39)63-65)53(13,14)15)48(50(56)60-20-2)66(58)62-44-28-36(52(10,11)12)26-34(6)38(44)30-40-32(4)22-24-42(46(40)64-66)54(16,17)18/h21-28,47-48H,19-20,29-30H2,1-18H3/t47-,48-,65?,66?/m1/s1. The number of carbonyl (C=O) groups is 2. The highest BCUT2D eigenvalue weighted by Gasteiger charge is 2.64. The van der Waals surface area contributed by atoms with Crippen LogP contribution in [0.2, 0.25) is 0 Å². The van der Waals surface area contributed by atoms with E-state index in [1.165, 1.54) is 0 Å². The van der Waals surface area contributed by atoms with Crippen molar-refractivity contribution in [2.45, 2.75) is 170 Å². The Morgan fingerprint density at radius 2 is 0.833 bits per heavy atom. The number of hydrogen-bond acceptors (Lipinski definition) is 10. The SMILES string of the molecule is CCOC(=O)[C@@H]([C@H](C(=O)OCC)P1(=O)Oc2cc(C(C)(C)C)cc(C)c2Cc2c(C)ccc(C(C)(C)C)c2O1)P1(=O)Oc2cc(C(C)(C)C)cc(C)c2Cc2c(C)ccc(C(C)(C)C)c2O1. The monoisotopic (exact) mass is 942 g/mol. The van der Waals surface area contributed by atoms with E-state index in [-0.39, 0.29) is 47.0 Å². The molecule has 0 fully saturated rings. The molecular weight excluding hydrogens is 871 g/mol. The van der Waals surface area contributed by atoms with Gasteiger partial charge < -0.3 is 27.6 Å². The topological polar surface area (TPSA) is 124 Å². The Hall–Kier alpha value is -4.52. The molecule has 0 amide bonds. The van der Waals surface area contributed by atoms with Gasteiger partial charge >= 0.3 is 27.1 Å². The van der Waals surface area contributed by atoms with E-state index in [1.54, 1.807) is 13.8 Å². The molecular formula is C54H72O10P2. The summed E-state index contributed by atoms with van der Waals surface area (Å²) in [6.45, 7) is 35.1. The van der Waals surface area contributed by atoms with E-state index in [2.05, 4.69) is 53.7 Å². The largest absolute Gasteiger partial charge is 0.465 e. The second kappa shape index (κ2) is 17.9. The van der Waals surface area contributed by atoms with Gasteiger partial charge in [-0.15, -0.1) is 0 Å². The summed E-state index contributed by atoms with van der Waals surface area (Å²) in [5, 5.41) is 0. The number of fused-ring (bicyclic) bond motifs is 4. The lowest BCUT2D eigenvalue weighted by Gasteiger charge is -2.38. The zero-order chi connectivity index (χ0) is 49.3. The molecule has 0 radical (unpaired) electrons. The van der Waals surface area contributed by atoms with E-state index >= 15 is 18.7 Å². The van der Waals surface area contributed by atoms with Crippen LogP contribution in [0.5, 0.6) is 23.0 Å². The molecule has 66 heavy (non-hydrogen) atoms. The first kappa shape index (κ1) is 50.9. The number of hydrogen-bond donors (Lipinski definition) is 0. The normalized spacial score (nSPS) is 19.5. The maximum atomic E-state index is 16.9. The maximum Gasteiger partial charge on any atom is 0.446 e. The molecule has 2 unspecified atom stereocenters. The molecule has 358 valence electrons. The molecule has 0 saturated heterocycles. The highest BCUT2D eigenvalue weighted by Crippen LogP contribution is 2.67. The Morgan fingerprint density at radius 1 is 0.500 bits per heavy atom. The lowest BCUT2D eigenvalue weighted by atomic mass is 9.82. The van der Waals surface area contributed by atoms with Crippen LogP contribution in [0.25, 0.3) is 0 Å². The fraction of sp³-hybridized carbons (Fsp3) is 0.519. The van der Waals surface area contributed by atoms with Gasteiger partial charge in [0.25, 0.3) is 0 Å². The number of rotatable bonds is 7. The molecule has 4 aromatic carbocycles. The van der Waals surface area contributed by atoms with Crippen LogP contribution in [-0.2, 0) is 62.7 Å². The van der Waals surface area contributed by atoms with Crippen molar-refractivity contribution in [2.75, 3.05) is 13.2 Å². The fourth-order valence-electron chi connectivity index (χ4n) is 8.80. The lowest BCUT2D eigenvalue weighted by Crippen LogP contribution is -2.45. The van der Waals surface area contributed by atoms with Crippen molar-refractivity contribution in [3.05, 3.63) is 115 Å². The molecule has 4 aromatic rings. The van der Waals surface area contributed by atoms with Crippen molar-refractivity contribution in [1.29, 1.82) is 0 Å². The predicted octanol–water partition coefficient (Wildman–Crippen LogP) is 13.8. The predicted molar refractivity (Wildman–Crippen MR) is 264 cm³/mol. The Morgan fingerprint density at radius 3 is 1.12 bits per heavy atom. The fourth-order valence-corrected chi connectivity index (χ4v) is 13.7. The van der Waals surface area contributed by atoms with E-state index in [0.717, 1.165) is 55.6 Å². The molecule has 0 bridgehead atoms. The Balaban J connectivity index is 1.78. The summed E-state index contributed by atoms with van der Waals surface area (Å²) in [7, 11) is -10.4. The Bertz CT molecular complexity index is 2480. The van der Waals surface area contributed by atoms with E-state index in [4.69, 9.17) is 27.6 Å². The minimum absolute atomic E-state index is 0.184. The van der Waals surface area contributed by atoms with Gasteiger partial charge in [0.15, 0.2) is 0 Å². The number of ether oxygens (including phenoxy) is 2. The molecule has 2 aliphatic rings. The minimum Gasteiger partial charge on any atom is -0.465 e. The van der Waals surface area contributed by atoms with Gasteiger partial charge in [-0.2, -0.15) is 0 Å². The van der Waals surface area contributed by atoms with Crippen molar-refractivity contribution in [3.63, 3.8) is 0 Å². The number of carbonyl (C=O) groups excluding carboxylic acids is 2. The van der Waals surface area contributed by atoms with Crippen LogP contribution in [0.4, 0.5) is 0 Å². The van der Waals surface area contributed by atoms with Gasteiger partial charge in [0.05, 0.1) is 13.2 Å². The van der Waals surface area contributed by atoms with Gasteiger partial charge in [-0.25, -0.2) is 9.13 Å². The highest BCUT2D eigenvalue weighted by atomic mass is 31.2. The third kappa shape index (κ3) is 9.88. The summed E-state index contributed by atoms with van der Waals surface area (Å²) in [4.78, 5) is 30.4. The first-order valence-electron chi connectivity index (χ1n) is 23.2. The molecule has 0 spiro atoms. The molecule has 0 aliphatic carbocycles. The highest BCUT2D eigenvalue weighted by molar-refractivity contribution is 7.61. The number of aryl methyl sites for hydroxylation is 4. The maximum absolute atomic E-state index is 16.9. The number of esters is 2. The summed E-state index contributed by atoms with van der Waals surface area (Å²) in [5.74, 6) is -1.40. The van der Waals surface area contributed by atoms with Gasteiger partial charge in [0, 0.05) is 46.2 Å². The van der Waals surface area contributed by atoms with Crippen LogP contribution < -0.4 is 18.1 Å². The molecule has 12 heteroatoms. The molecule has 0 saturated carbocycles. The summed E-state index contributed by atoms with van der Waals surface area (Å²) in [6, 6.07) is 15.7. The van der Waals surface area contributed by atoms with Crippen LogP contribution in [-0.4, -0.2) is 36.5 Å². The minimum atomic E-state index is -5.20. The van der Waals surface area contributed by atoms with Crippen molar-refractivity contribution in [2.24, 2.45) is 0 Å². The van der Waals surface area contributed by atoms with Gasteiger partial charge in [0.1, 0.15) is 23.0 Å². The summed E-state index contributed by atoms with van der Waals surface area (Å²) in [6.07, 6.45) is 0.704. The zero-order valence-corrected chi connectivity index (χ0v) is 44.4. The average molecular weight is 943 g/mol. The first-order chi connectivity index (χ1) is 30.3. The third-order valence-electron chi connectivity index (χ3n) is 12.8. The van der Waals surface area contributed by atoms with E-state index < -0.39 is 49.3 Å². The first-order valence-corrected chi connectivity index (χ1v) is 26.4. The van der Waals surface area contributed by atoms with Crippen LogP contribution in [0.15, 0.2) is 48.5 Å². The molecule has 10 nitrogen and oxygen atoms in total. The summed E-state index contributed by atoms with van der Waals surface area (Å²) in [5.41, 5.74) is 3.14. The van der Waals surface area contributed by atoms with Crippen LogP contribution in [0, 0.1) is 27.7 Å². The van der Waals surface area contributed by atoms with Crippen LogP contribution in [0.1, 0.15) is 164 Å². The third-order valence-corrected chi connectivity index (χ3v) is 17.2. The van der Waals surface area contributed by atoms with Gasteiger partial charge in [-0.3, -0.25) is 9.59 Å². The molecule has 0 aromatic heterocycles. The average Bonchev–Trinajstić information content (AvgIpc) is 3.15. The molecule has 0 N–H and O–H groups in total. The van der Waals surface area contributed by atoms with Gasteiger partial charge in [-0.05, 0) is 109 Å². The Labute approximate surface area is 393 Å². The van der Waals surface area contributed by atoms with Crippen molar-refractivity contribution in [1.82, 2.24) is 0 Å². The van der Waals surface area contributed by atoms with Crippen LogP contribution >= 0.6 is 15.2 Å². The summed E-state index contributed by atoms with van der Waals surface area (Å²) < 4.78 is 73.0. The molecule has 2 aliphatic heterocycles. The van der Waals surface area contributed by atoms with Crippen molar-refractivity contribution in [3.8, 4) is 23.0 Å². The van der Waals surface area contributed by atoms with Crippen molar-refractivity contribution >= 4 is 27.1 Å². The smallest absolute Gasteiger partial charge is 0.446 e. The molecule has 2 heterocycles. The van der Waals surface area contributed by atoms with Crippen LogP contribution in [0.3, 0.4) is 0 Å². The lowest BCUT2D eigenvalue weighted by molar-refractivity contribution is -0.149. The number of benzene rings is 4. The second-order valence-electron chi connectivity index (χ2n) is 22.2. The van der Waals surface area contributed by atoms with E-state index in [1.807, 2.05) is 106 Å². The molecule has 6 rings (SSSR count). The van der Waals surface area contributed by atoms with E-state index in [0.29, 0.717) is 24.0 Å². The second-order valence-corrected chi connectivity index (χ2v) is 26.2. The van der Waals surface area contributed by atoms with E-state index in [9.17, 15) is 0 Å². The molecule has 4 atom stereocenters. The van der Waals surface area contributed by atoms with Gasteiger partial charge in [0.2, 0.25) is 11.3 Å². The summed E-state index contributed by atoms with van der Waals surface area (Å²) >= 11 is 0. The quantitative estimate of drug-likeness (QED) is 0.131. The zero-order valence-electron chi connectivity index (χ0n) is 42.6.